The molecule has 2 aliphatic rings. The number of carbonyl (C=O) groups is 1. The number of hydrogen-bond donors (Lipinski definition) is 0. The van der Waals surface area contributed by atoms with Gasteiger partial charge in [-0.1, -0.05) is 30.3 Å². The topological polar surface area (TPSA) is 76.2 Å². The highest BCUT2D eigenvalue weighted by atomic mass is 32.2. The zero-order valence-electron chi connectivity index (χ0n) is 17.7. The van der Waals surface area contributed by atoms with Crippen LogP contribution in [0.2, 0.25) is 0 Å². The van der Waals surface area contributed by atoms with Gasteiger partial charge in [-0.3, -0.25) is 4.79 Å². The monoisotopic (exact) mass is 444 g/mol. The Bertz CT molecular complexity index is 1030. The van der Waals surface area contributed by atoms with E-state index in [1.54, 1.807) is 35.2 Å². The molecule has 2 heterocycles. The van der Waals surface area contributed by atoms with Gasteiger partial charge in [0, 0.05) is 31.7 Å². The van der Waals surface area contributed by atoms with Crippen LogP contribution in [0, 0.1) is 5.92 Å². The summed E-state index contributed by atoms with van der Waals surface area (Å²) in [5.74, 6) is 1.01. The first-order chi connectivity index (χ1) is 15.0. The summed E-state index contributed by atoms with van der Waals surface area (Å²) in [7, 11) is -3.61. The fraction of sp³-hybridized carbons (Fsp3) is 0.435. The Morgan fingerprint density at radius 1 is 1.10 bits per heavy atom. The summed E-state index contributed by atoms with van der Waals surface area (Å²) in [6.45, 7) is 4.52. The summed E-state index contributed by atoms with van der Waals surface area (Å²) in [6, 6.07) is 14.1. The first kappa shape index (κ1) is 21.6. The SMILES string of the molecule is CCN(Cc1cccc2c1OCCO2)C(=O)C1CCCN(S(=O)(=O)c2ccccc2)C1. The molecule has 0 radical (unpaired) electrons. The van der Waals surface area contributed by atoms with Crippen LogP contribution in [0.4, 0.5) is 0 Å². The number of ether oxygens (including phenoxy) is 2. The van der Waals surface area contributed by atoms with Crippen LogP contribution in [0.15, 0.2) is 53.4 Å². The molecule has 2 aromatic rings. The summed E-state index contributed by atoms with van der Waals surface area (Å²) in [6.07, 6.45) is 1.35. The van der Waals surface area contributed by atoms with Crippen molar-refractivity contribution in [3.63, 3.8) is 0 Å². The molecule has 0 aliphatic carbocycles. The van der Waals surface area contributed by atoms with Crippen molar-refractivity contribution in [2.45, 2.75) is 31.2 Å². The molecular weight excluding hydrogens is 416 g/mol. The largest absolute Gasteiger partial charge is 0.486 e. The van der Waals surface area contributed by atoms with Crippen molar-refractivity contribution in [3.05, 3.63) is 54.1 Å². The lowest BCUT2D eigenvalue weighted by Crippen LogP contribution is -2.46. The van der Waals surface area contributed by atoms with Crippen LogP contribution in [0.5, 0.6) is 11.5 Å². The maximum Gasteiger partial charge on any atom is 0.243 e. The molecule has 1 fully saturated rings. The van der Waals surface area contributed by atoms with Gasteiger partial charge in [0.25, 0.3) is 0 Å². The molecule has 7 nitrogen and oxygen atoms in total. The van der Waals surface area contributed by atoms with E-state index in [0.29, 0.717) is 57.2 Å². The highest BCUT2D eigenvalue weighted by molar-refractivity contribution is 7.89. The smallest absolute Gasteiger partial charge is 0.243 e. The molecule has 0 bridgehead atoms. The second-order valence-corrected chi connectivity index (χ2v) is 9.75. The second-order valence-electron chi connectivity index (χ2n) is 7.81. The lowest BCUT2D eigenvalue weighted by atomic mass is 9.97. The molecule has 1 amide bonds. The van der Waals surface area contributed by atoms with Gasteiger partial charge in [0.2, 0.25) is 15.9 Å². The minimum Gasteiger partial charge on any atom is -0.486 e. The summed E-state index contributed by atoms with van der Waals surface area (Å²) in [5.41, 5.74) is 0.900. The molecule has 166 valence electrons. The van der Waals surface area contributed by atoms with Gasteiger partial charge in [0.05, 0.1) is 10.8 Å². The third-order valence-electron chi connectivity index (χ3n) is 5.82. The van der Waals surface area contributed by atoms with Crippen LogP contribution < -0.4 is 9.47 Å². The first-order valence-electron chi connectivity index (χ1n) is 10.7. The number of piperidine rings is 1. The fourth-order valence-corrected chi connectivity index (χ4v) is 5.72. The molecule has 2 aliphatic heterocycles. The van der Waals surface area contributed by atoms with Crippen LogP contribution in [-0.4, -0.2) is 56.4 Å². The van der Waals surface area contributed by atoms with E-state index in [0.717, 1.165) is 5.56 Å². The lowest BCUT2D eigenvalue weighted by Gasteiger charge is -2.34. The average molecular weight is 445 g/mol. The molecule has 1 saturated heterocycles. The minimum absolute atomic E-state index is 0.0233. The Morgan fingerprint density at radius 3 is 2.65 bits per heavy atom. The number of amides is 1. The van der Waals surface area contributed by atoms with Crippen molar-refractivity contribution in [3.8, 4) is 11.5 Å². The zero-order chi connectivity index (χ0) is 21.8. The lowest BCUT2D eigenvalue weighted by molar-refractivity contribution is -0.137. The Morgan fingerprint density at radius 2 is 1.87 bits per heavy atom. The van der Waals surface area contributed by atoms with Crippen molar-refractivity contribution < 1.29 is 22.7 Å². The molecule has 1 atom stereocenters. The van der Waals surface area contributed by atoms with E-state index in [1.807, 2.05) is 25.1 Å². The van der Waals surface area contributed by atoms with E-state index < -0.39 is 10.0 Å². The predicted molar refractivity (Wildman–Crippen MR) is 116 cm³/mol. The van der Waals surface area contributed by atoms with Crippen molar-refractivity contribution in [2.75, 3.05) is 32.8 Å². The molecule has 1 unspecified atom stereocenters. The van der Waals surface area contributed by atoms with E-state index in [9.17, 15) is 13.2 Å². The van der Waals surface area contributed by atoms with E-state index >= 15 is 0 Å². The Labute approximate surface area is 183 Å². The van der Waals surface area contributed by atoms with E-state index in [4.69, 9.17) is 9.47 Å². The molecule has 8 heteroatoms. The number of benzene rings is 2. The number of rotatable bonds is 6. The summed E-state index contributed by atoms with van der Waals surface area (Å²) < 4.78 is 38.9. The Hall–Kier alpha value is -2.58. The van der Waals surface area contributed by atoms with Gasteiger partial charge in [-0.05, 0) is 38.0 Å². The molecule has 2 aromatic carbocycles. The zero-order valence-corrected chi connectivity index (χ0v) is 18.5. The van der Waals surface area contributed by atoms with E-state index in [-0.39, 0.29) is 23.3 Å². The van der Waals surface area contributed by atoms with Crippen molar-refractivity contribution in [2.24, 2.45) is 5.92 Å². The normalized spacial score (nSPS) is 19.1. The first-order valence-corrected chi connectivity index (χ1v) is 12.2. The third-order valence-corrected chi connectivity index (χ3v) is 7.70. The van der Waals surface area contributed by atoms with Crippen LogP contribution in [0.3, 0.4) is 0 Å². The highest BCUT2D eigenvalue weighted by Crippen LogP contribution is 2.35. The standard InChI is InChI=1S/C23H28N2O5S/c1-2-24(16-18-8-6-12-21-22(18)30-15-14-29-21)23(26)19-9-7-13-25(17-19)31(27,28)20-10-4-3-5-11-20/h3-6,8,10-12,19H,2,7,9,13-17H2,1H3. The van der Waals surface area contributed by atoms with Gasteiger partial charge < -0.3 is 14.4 Å². The molecule has 31 heavy (non-hydrogen) atoms. The third kappa shape index (κ3) is 4.55. The van der Waals surface area contributed by atoms with Gasteiger partial charge >= 0.3 is 0 Å². The molecule has 4 rings (SSSR count). The highest BCUT2D eigenvalue weighted by Gasteiger charge is 2.35. The second kappa shape index (κ2) is 9.28. The van der Waals surface area contributed by atoms with Crippen LogP contribution in [0.1, 0.15) is 25.3 Å². The van der Waals surface area contributed by atoms with E-state index in [1.165, 1.54) is 4.31 Å². The van der Waals surface area contributed by atoms with E-state index in [2.05, 4.69) is 0 Å². The average Bonchev–Trinajstić information content (AvgIpc) is 2.83. The number of para-hydroxylation sites is 1. The predicted octanol–water partition coefficient (Wildman–Crippen LogP) is 2.91. The number of carbonyl (C=O) groups excluding carboxylic acids is 1. The summed E-state index contributed by atoms with van der Waals surface area (Å²) >= 11 is 0. The molecule has 0 spiro atoms. The van der Waals surface area contributed by atoms with Crippen molar-refractivity contribution in [1.29, 1.82) is 0 Å². The maximum absolute atomic E-state index is 13.3. The number of fused-ring (bicyclic) bond motifs is 1. The maximum atomic E-state index is 13.3. The van der Waals surface area contributed by atoms with Gasteiger partial charge in [-0.25, -0.2) is 8.42 Å². The van der Waals surface area contributed by atoms with Gasteiger partial charge in [-0.15, -0.1) is 0 Å². The minimum atomic E-state index is -3.61. The van der Waals surface area contributed by atoms with Gasteiger partial charge in [0.15, 0.2) is 11.5 Å². The molecule has 0 N–H and O–H groups in total. The molecular formula is C23H28N2O5S. The summed E-state index contributed by atoms with van der Waals surface area (Å²) in [4.78, 5) is 15.4. The Balaban J connectivity index is 1.49. The number of sulfonamides is 1. The Kier molecular flexibility index (Phi) is 6.48. The van der Waals surface area contributed by atoms with Crippen LogP contribution in [-0.2, 0) is 21.4 Å². The van der Waals surface area contributed by atoms with Gasteiger partial charge in [0.1, 0.15) is 13.2 Å². The van der Waals surface area contributed by atoms with Crippen molar-refractivity contribution >= 4 is 15.9 Å². The number of nitrogens with zero attached hydrogens (tertiary/aromatic N) is 2. The quantitative estimate of drug-likeness (QED) is 0.685. The molecule has 0 saturated carbocycles. The summed E-state index contributed by atoms with van der Waals surface area (Å²) in [5, 5.41) is 0. The number of hydrogen-bond acceptors (Lipinski definition) is 5. The van der Waals surface area contributed by atoms with Gasteiger partial charge in [-0.2, -0.15) is 4.31 Å². The van der Waals surface area contributed by atoms with Crippen molar-refractivity contribution in [1.82, 2.24) is 9.21 Å². The van der Waals surface area contributed by atoms with Crippen LogP contribution in [0.25, 0.3) is 0 Å². The fourth-order valence-electron chi connectivity index (χ4n) is 4.17. The van der Waals surface area contributed by atoms with Crippen LogP contribution >= 0.6 is 0 Å². The molecule has 0 aromatic heterocycles.